The van der Waals surface area contributed by atoms with Crippen LogP contribution < -0.4 is 10.5 Å². The Labute approximate surface area is 101 Å². The summed E-state index contributed by atoms with van der Waals surface area (Å²) in [5.41, 5.74) is 8.01. The smallest absolute Gasteiger partial charge is 0.119 e. The number of pyridine rings is 1. The Kier molecular flexibility index (Phi) is 3.73. The number of rotatable bonds is 4. The first kappa shape index (κ1) is 11.6. The second-order valence-corrected chi connectivity index (χ2v) is 3.96. The fourth-order valence-corrected chi connectivity index (χ4v) is 1.50. The molecule has 2 rings (SSSR count). The van der Waals surface area contributed by atoms with E-state index in [9.17, 15) is 0 Å². The molecule has 0 saturated heterocycles. The van der Waals surface area contributed by atoms with E-state index in [-0.39, 0.29) is 6.04 Å². The van der Waals surface area contributed by atoms with Crippen molar-refractivity contribution in [1.82, 2.24) is 4.98 Å². The van der Waals surface area contributed by atoms with Gasteiger partial charge < -0.3 is 10.5 Å². The maximum absolute atomic E-state index is 6.03. The predicted octanol–water partition coefficient (Wildman–Crippen LogP) is 2.47. The van der Waals surface area contributed by atoms with Crippen molar-refractivity contribution in [3.8, 4) is 5.75 Å². The molecule has 17 heavy (non-hydrogen) atoms. The Bertz CT molecular complexity index is 453. The Morgan fingerprint density at radius 3 is 2.59 bits per heavy atom. The summed E-state index contributed by atoms with van der Waals surface area (Å²) in [5.74, 6) is 0.836. The lowest BCUT2D eigenvalue weighted by Crippen LogP contribution is -2.19. The van der Waals surface area contributed by atoms with Crippen LogP contribution in [0.3, 0.4) is 0 Å². The molecule has 0 aliphatic carbocycles. The van der Waals surface area contributed by atoms with Crippen LogP contribution in [0.25, 0.3) is 0 Å². The Morgan fingerprint density at radius 2 is 1.94 bits per heavy atom. The van der Waals surface area contributed by atoms with Crippen molar-refractivity contribution in [3.05, 3.63) is 59.9 Å². The van der Waals surface area contributed by atoms with Crippen molar-refractivity contribution < 1.29 is 4.74 Å². The minimum absolute atomic E-state index is 0.150. The molecule has 2 aromatic rings. The molecule has 1 heterocycles. The summed E-state index contributed by atoms with van der Waals surface area (Å²) >= 11 is 0. The van der Waals surface area contributed by atoms with Gasteiger partial charge in [0.15, 0.2) is 0 Å². The van der Waals surface area contributed by atoms with E-state index in [4.69, 9.17) is 10.5 Å². The van der Waals surface area contributed by atoms with E-state index in [2.05, 4.69) is 4.98 Å². The Balaban J connectivity index is 1.93. The van der Waals surface area contributed by atoms with Crippen molar-refractivity contribution in [3.63, 3.8) is 0 Å². The van der Waals surface area contributed by atoms with Gasteiger partial charge in [-0.1, -0.05) is 24.3 Å². The average Bonchev–Trinajstić information content (AvgIpc) is 2.38. The van der Waals surface area contributed by atoms with Crippen molar-refractivity contribution in [2.45, 2.75) is 13.0 Å². The lowest BCUT2D eigenvalue weighted by molar-refractivity contribution is 0.290. The highest BCUT2D eigenvalue weighted by Gasteiger charge is 2.06. The number of ether oxygens (including phenoxy) is 1. The molecule has 0 saturated carbocycles. The van der Waals surface area contributed by atoms with Gasteiger partial charge in [0.2, 0.25) is 0 Å². The van der Waals surface area contributed by atoms with Crippen LogP contribution in [0.1, 0.15) is 17.3 Å². The molecule has 0 radical (unpaired) electrons. The maximum atomic E-state index is 6.03. The van der Waals surface area contributed by atoms with Crippen LogP contribution in [0.5, 0.6) is 5.75 Å². The molecule has 2 N–H and O–H groups in total. The minimum Gasteiger partial charge on any atom is -0.492 e. The predicted molar refractivity (Wildman–Crippen MR) is 67.8 cm³/mol. The molecule has 1 unspecified atom stereocenters. The summed E-state index contributed by atoms with van der Waals surface area (Å²) in [5, 5.41) is 0. The molecule has 1 aromatic carbocycles. The zero-order valence-electron chi connectivity index (χ0n) is 9.84. The summed E-state index contributed by atoms with van der Waals surface area (Å²) in [7, 11) is 0. The minimum atomic E-state index is -0.150. The molecule has 1 atom stereocenters. The molecular formula is C14H16N2O. The van der Waals surface area contributed by atoms with E-state index in [1.165, 1.54) is 0 Å². The van der Waals surface area contributed by atoms with Crippen molar-refractivity contribution >= 4 is 0 Å². The summed E-state index contributed by atoms with van der Waals surface area (Å²) in [6.07, 6.45) is 1.80. The van der Waals surface area contributed by atoms with Gasteiger partial charge in [0.25, 0.3) is 0 Å². The van der Waals surface area contributed by atoms with E-state index < -0.39 is 0 Å². The van der Waals surface area contributed by atoms with Gasteiger partial charge in [-0.05, 0) is 30.7 Å². The summed E-state index contributed by atoms with van der Waals surface area (Å²) < 4.78 is 5.60. The second kappa shape index (κ2) is 5.46. The molecule has 0 bridgehead atoms. The van der Waals surface area contributed by atoms with Crippen LogP contribution in [0, 0.1) is 6.92 Å². The third-order valence-electron chi connectivity index (χ3n) is 2.54. The second-order valence-electron chi connectivity index (χ2n) is 3.96. The third-order valence-corrected chi connectivity index (χ3v) is 2.54. The zero-order chi connectivity index (χ0) is 12.1. The topological polar surface area (TPSA) is 48.1 Å². The fraction of sp³-hybridized carbons (Fsp3) is 0.214. The Hall–Kier alpha value is -1.87. The van der Waals surface area contributed by atoms with E-state index in [1.807, 2.05) is 49.4 Å². The van der Waals surface area contributed by atoms with Crippen LogP contribution in [-0.4, -0.2) is 11.6 Å². The average molecular weight is 228 g/mol. The van der Waals surface area contributed by atoms with E-state index in [0.717, 1.165) is 17.0 Å². The van der Waals surface area contributed by atoms with Gasteiger partial charge in [-0.25, -0.2) is 0 Å². The summed E-state index contributed by atoms with van der Waals surface area (Å²) in [6.45, 7) is 2.41. The molecule has 0 spiro atoms. The highest BCUT2D eigenvalue weighted by atomic mass is 16.5. The lowest BCUT2D eigenvalue weighted by atomic mass is 10.1. The van der Waals surface area contributed by atoms with E-state index in [0.29, 0.717) is 6.61 Å². The van der Waals surface area contributed by atoms with Gasteiger partial charge in [0.05, 0.1) is 6.04 Å². The van der Waals surface area contributed by atoms with Crippen LogP contribution in [-0.2, 0) is 0 Å². The largest absolute Gasteiger partial charge is 0.492 e. The first-order valence-corrected chi connectivity index (χ1v) is 5.61. The van der Waals surface area contributed by atoms with Gasteiger partial charge >= 0.3 is 0 Å². The van der Waals surface area contributed by atoms with E-state index in [1.54, 1.807) is 6.20 Å². The van der Waals surface area contributed by atoms with Gasteiger partial charge in [-0.2, -0.15) is 0 Å². The van der Waals surface area contributed by atoms with Crippen molar-refractivity contribution in [2.24, 2.45) is 5.73 Å². The number of hydrogen-bond donors (Lipinski definition) is 1. The third kappa shape index (κ3) is 3.29. The molecule has 0 fully saturated rings. The maximum Gasteiger partial charge on any atom is 0.119 e. The van der Waals surface area contributed by atoms with E-state index >= 15 is 0 Å². The molecule has 0 aliphatic rings. The number of aromatic nitrogens is 1. The molecule has 0 aliphatic heterocycles. The monoisotopic (exact) mass is 228 g/mol. The van der Waals surface area contributed by atoms with Crippen LogP contribution in [0.15, 0.2) is 48.7 Å². The van der Waals surface area contributed by atoms with Crippen LogP contribution in [0.4, 0.5) is 0 Å². The van der Waals surface area contributed by atoms with Gasteiger partial charge in [0.1, 0.15) is 12.4 Å². The number of hydrogen-bond acceptors (Lipinski definition) is 3. The van der Waals surface area contributed by atoms with Gasteiger partial charge in [-0.15, -0.1) is 0 Å². The van der Waals surface area contributed by atoms with Gasteiger partial charge in [-0.3, -0.25) is 4.98 Å². The van der Waals surface area contributed by atoms with Crippen molar-refractivity contribution in [1.29, 1.82) is 0 Å². The Morgan fingerprint density at radius 1 is 1.18 bits per heavy atom. The standard InChI is InChI=1S/C14H16N2O/c1-11-7-8-12(9-16-11)14(15)10-17-13-5-3-2-4-6-13/h2-9,14H,10,15H2,1H3. The highest BCUT2D eigenvalue weighted by Crippen LogP contribution is 2.13. The quantitative estimate of drug-likeness (QED) is 0.874. The number of aryl methyl sites for hydroxylation is 1. The molecule has 0 amide bonds. The lowest BCUT2D eigenvalue weighted by Gasteiger charge is -2.13. The van der Waals surface area contributed by atoms with Gasteiger partial charge in [0, 0.05) is 11.9 Å². The SMILES string of the molecule is Cc1ccc(C(N)COc2ccccc2)cn1. The summed E-state index contributed by atoms with van der Waals surface area (Å²) in [4.78, 5) is 4.22. The first-order valence-electron chi connectivity index (χ1n) is 5.61. The number of benzene rings is 1. The summed E-state index contributed by atoms with van der Waals surface area (Å²) in [6, 6.07) is 13.5. The molecule has 3 nitrogen and oxygen atoms in total. The zero-order valence-corrected chi connectivity index (χ0v) is 9.84. The highest BCUT2D eigenvalue weighted by molar-refractivity contribution is 5.22. The number of para-hydroxylation sites is 1. The van der Waals surface area contributed by atoms with Crippen LogP contribution >= 0.6 is 0 Å². The number of nitrogens with zero attached hydrogens (tertiary/aromatic N) is 1. The molecule has 1 aromatic heterocycles. The molecule has 3 heteroatoms. The molecular weight excluding hydrogens is 212 g/mol. The van der Waals surface area contributed by atoms with Crippen molar-refractivity contribution in [2.75, 3.05) is 6.61 Å². The molecule has 88 valence electrons. The first-order chi connectivity index (χ1) is 8.25. The number of nitrogens with two attached hydrogens (primary N) is 1. The fourth-order valence-electron chi connectivity index (χ4n) is 1.50. The van der Waals surface area contributed by atoms with Crippen LogP contribution in [0.2, 0.25) is 0 Å². The normalized spacial score (nSPS) is 12.1.